The van der Waals surface area contributed by atoms with Crippen molar-refractivity contribution >= 4 is 5.97 Å². The smallest absolute Gasteiger partial charge is 0.303 e. The van der Waals surface area contributed by atoms with Gasteiger partial charge >= 0.3 is 5.97 Å². The number of aliphatic carboxylic acids is 1. The molecule has 1 rings (SSSR count). The van der Waals surface area contributed by atoms with Gasteiger partial charge in [-0.2, -0.15) is 0 Å². The Kier molecular flexibility index (Phi) is 11.2. The summed E-state index contributed by atoms with van der Waals surface area (Å²) >= 11 is 0. The molecule has 1 aliphatic heterocycles. The fourth-order valence-corrected chi connectivity index (χ4v) is 2.50. The summed E-state index contributed by atoms with van der Waals surface area (Å²) in [6.45, 7) is 2.20. The van der Waals surface area contributed by atoms with E-state index >= 15 is 0 Å². The van der Waals surface area contributed by atoms with Crippen LogP contribution in [0, 0.1) is 0 Å². The summed E-state index contributed by atoms with van der Waals surface area (Å²) < 4.78 is 5.51. The number of allylic oxidation sites excluding steroid dienone is 4. The predicted molar refractivity (Wildman–Crippen MR) is 97.0 cm³/mol. The molecule has 1 fully saturated rings. The molecular weight excluding hydrogens is 304 g/mol. The van der Waals surface area contributed by atoms with Crippen molar-refractivity contribution in [1.82, 2.24) is 0 Å². The molecule has 0 aromatic heterocycles. The van der Waals surface area contributed by atoms with Gasteiger partial charge in [-0.1, -0.05) is 56.2 Å². The maximum absolute atomic E-state index is 10.4. The normalized spacial score (nSPS) is 21.9. The lowest BCUT2D eigenvalue weighted by Crippen LogP contribution is -2.13. The molecule has 0 spiro atoms. The van der Waals surface area contributed by atoms with Crippen molar-refractivity contribution in [3.05, 3.63) is 36.5 Å². The molecule has 136 valence electrons. The number of ether oxygens (including phenoxy) is 1. The van der Waals surface area contributed by atoms with Crippen molar-refractivity contribution in [2.45, 2.75) is 83.0 Å². The lowest BCUT2D eigenvalue weighted by molar-refractivity contribution is -0.137. The number of hydrogen-bond acceptors (Lipinski definition) is 3. The van der Waals surface area contributed by atoms with Gasteiger partial charge in [-0.3, -0.25) is 4.79 Å². The van der Waals surface area contributed by atoms with Gasteiger partial charge in [0, 0.05) is 6.42 Å². The molecule has 4 nitrogen and oxygen atoms in total. The van der Waals surface area contributed by atoms with E-state index < -0.39 is 12.1 Å². The van der Waals surface area contributed by atoms with Crippen LogP contribution in [0.5, 0.6) is 0 Å². The van der Waals surface area contributed by atoms with E-state index in [1.54, 1.807) is 6.08 Å². The van der Waals surface area contributed by atoms with E-state index in [9.17, 15) is 9.90 Å². The van der Waals surface area contributed by atoms with Gasteiger partial charge < -0.3 is 14.9 Å². The van der Waals surface area contributed by atoms with Crippen LogP contribution in [0.15, 0.2) is 36.5 Å². The first kappa shape index (κ1) is 20.7. The number of aliphatic hydroxyl groups excluding tert-OH is 1. The highest BCUT2D eigenvalue weighted by atomic mass is 16.6. The Morgan fingerprint density at radius 3 is 2.58 bits per heavy atom. The van der Waals surface area contributed by atoms with Crippen LogP contribution in [0.3, 0.4) is 0 Å². The van der Waals surface area contributed by atoms with Crippen LogP contribution in [0.1, 0.15) is 64.7 Å². The first-order valence-corrected chi connectivity index (χ1v) is 9.17. The molecule has 0 radical (unpaired) electrons. The van der Waals surface area contributed by atoms with Gasteiger partial charge in [0.1, 0.15) is 12.2 Å². The Balaban J connectivity index is 2.04. The number of unbranched alkanes of at least 4 members (excludes halogenated alkanes) is 4. The number of carbonyl (C=O) groups is 1. The largest absolute Gasteiger partial charge is 0.481 e. The van der Waals surface area contributed by atoms with E-state index in [2.05, 4.69) is 19.1 Å². The molecule has 1 unspecified atom stereocenters. The minimum absolute atomic E-state index is 0.0684. The minimum Gasteiger partial charge on any atom is -0.481 e. The summed E-state index contributed by atoms with van der Waals surface area (Å²) in [5, 5.41) is 18.5. The van der Waals surface area contributed by atoms with E-state index in [-0.39, 0.29) is 18.6 Å². The molecule has 1 aliphatic rings. The molecule has 1 saturated heterocycles. The zero-order valence-corrected chi connectivity index (χ0v) is 14.8. The first-order chi connectivity index (χ1) is 11.6. The van der Waals surface area contributed by atoms with E-state index in [0.717, 1.165) is 25.7 Å². The third kappa shape index (κ3) is 10.4. The number of carboxylic acid groups (broad SMARTS) is 1. The Morgan fingerprint density at radius 2 is 1.83 bits per heavy atom. The van der Waals surface area contributed by atoms with Gasteiger partial charge in [-0.05, 0) is 38.5 Å². The fraction of sp³-hybridized carbons (Fsp3) is 0.650. The standard InChI is InChI=1S/C20H32O4/c1-2-3-4-5-9-12-15-18-20(24-18)17(21)14-11-8-6-7-10-13-16-19(22)23/h6-7,9,11-12,14,17-18,20-21H,2-5,8,10,13,15-16H2,1H3,(H,22,23)/b7-6-,12-9-,14-11-/t17?,18-,20-/m0/s1. The number of rotatable bonds is 14. The molecule has 0 amide bonds. The molecule has 0 aliphatic carbocycles. The second-order valence-electron chi connectivity index (χ2n) is 6.25. The number of epoxide rings is 1. The maximum Gasteiger partial charge on any atom is 0.303 e. The lowest BCUT2D eigenvalue weighted by atomic mass is 10.1. The molecule has 0 saturated carbocycles. The summed E-state index contributed by atoms with van der Waals surface area (Å²) in [7, 11) is 0. The van der Waals surface area contributed by atoms with Crippen LogP contribution in [0.25, 0.3) is 0 Å². The number of carboxylic acids is 1. The highest BCUT2D eigenvalue weighted by Gasteiger charge is 2.42. The highest BCUT2D eigenvalue weighted by molar-refractivity contribution is 5.66. The summed E-state index contributed by atoms with van der Waals surface area (Å²) in [6, 6.07) is 0. The fourth-order valence-electron chi connectivity index (χ4n) is 2.50. The van der Waals surface area contributed by atoms with Crippen LogP contribution in [0.4, 0.5) is 0 Å². The quantitative estimate of drug-likeness (QED) is 0.280. The first-order valence-electron chi connectivity index (χ1n) is 9.17. The Labute approximate surface area is 145 Å². The molecule has 2 N–H and O–H groups in total. The Bertz CT molecular complexity index is 425. The van der Waals surface area contributed by atoms with Crippen LogP contribution in [0.2, 0.25) is 0 Å². The van der Waals surface area contributed by atoms with Gasteiger partial charge in [0.15, 0.2) is 0 Å². The van der Waals surface area contributed by atoms with Crippen molar-refractivity contribution in [1.29, 1.82) is 0 Å². The van der Waals surface area contributed by atoms with Crippen molar-refractivity contribution < 1.29 is 19.7 Å². The van der Waals surface area contributed by atoms with Crippen molar-refractivity contribution in [2.75, 3.05) is 0 Å². The van der Waals surface area contributed by atoms with Crippen LogP contribution in [-0.4, -0.2) is 34.5 Å². The van der Waals surface area contributed by atoms with E-state index in [4.69, 9.17) is 9.84 Å². The zero-order chi connectivity index (χ0) is 17.6. The second-order valence-corrected chi connectivity index (χ2v) is 6.25. The van der Waals surface area contributed by atoms with Gasteiger partial charge in [-0.25, -0.2) is 0 Å². The average molecular weight is 336 g/mol. The Hall–Kier alpha value is -1.39. The Morgan fingerprint density at radius 1 is 1.08 bits per heavy atom. The van der Waals surface area contributed by atoms with Crippen molar-refractivity contribution in [3.8, 4) is 0 Å². The molecule has 0 aromatic carbocycles. The minimum atomic E-state index is -0.749. The van der Waals surface area contributed by atoms with E-state index in [1.807, 2.05) is 18.2 Å². The van der Waals surface area contributed by atoms with Crippen LogP contribution >= 0.6 is 0 Å². The summed E-state index contributed by atoms with van der Waals surface area (Å²) in [5.74, 6) is -0.749. The van der Waals surface area contributed by atoms with Gasteiger partial charge in [0.2, 0.25) is 0 Å². The van der Waals surface area contributed by atoms with Gasteiger partial charge in [0.05, 0.1) is 6.10 Å². The van der Waals surface area contributed by atoms with Crippen molar-refractivity contribution in [2.24, 2.45) is 0 Å². The third-order valence-corrected chi connectivity index (χ3v) is 4.00. The van der Waals surface area contributed by atoms with Crippen molar-refractivity contribution in [3.63, 3.8) is 0 Å². The van der Waals surface area contributed by atoms with E-state index in [0.29, 0.717) is 6.42 Å². The number of aliphatic hydroxyl groups is 1. The van der Waals surface area contributed by atoms with Crippen LogP contribution in [-0.2, 0) is 9.53 Å². The molecule has 1 heterocycles. The monoisotopic (exact) mass is 336 g/mol. The SMILES string of the molecule is CCCCC/C=C\C[C@@H]1O[C@H]1C(O)/C=C\C/C=C\CCCC(=O)O. The summed E-state index contributed by atoms with van der Waals surface area (Å²) in [4.78, 5) is 10.4. The molecule has 24 heavy (non-hydrogen) atoms. The zero-order valence-electron chi connectivity index (χ0n) is 14.8. The topological polar surface area (TPSA) is 70.1 Å². The van der Waals surface area contributed by atoms with Gasteiger partial charge in [-0.15, -0.1) is 0 Å². The highest BCUT2D eigenvalue weighted by Crippen LogP contribution is 2.29. The average Bonchev–Trinajstić information content (AvgIpc) is 3.32. The predicted octanol–water partition coefficient (Wildman–Crippen LogP) is 4.40. The van der Waals surface area contributed by atoms with Gasteiger partial charge in [0.25, 0.3) is 0 Å². The van der Waals surface area contributed by atoms with E-state index in [1.165, 1.54) is 19.3 Å². The molecule has 4 heteroatoms. The number of hydrogen-bond donors (Lipinski definition) is 2. The van der Waals surface area contributed by atoms with Crippen LogP contribution < -0.4 is 0 Å². The molecule has 0 aromatic rings. The second kappa shape index (κ2) is 13.0. The molecule has 3 atom stereocenters. The molecule has 0 bridgehead atoms. The lowest BCUT2D eigenvalue weighted by Gasteiger charge is -1.99. The third-order valence-electron chi connectivity index (χ3n) is 4.00. The summed E-state index contributed by atoms with van der Waals surface area (Å²) in [5.41, 5.74) is 0. The maximum atomic E-state index is 10.4. The molecular formula is C20H32O4. The summed E-state index contributed by atoms with van der Waals surface area (Å²) in [6.07, 6.45) is 19.8.